The number of hydrogen-bond donors (Lipinski definition) is 0. The summed E-state index contributed by atoms with van der Waals surface area (Å²) < 4.78 is 38.7. The van der Waals surface area contributed by atoms with Crippen LogP contribution in [0, 0.1) is 5.92 Å². The number of esters is 1. The van der Waals surface area contributed by atoms with Gasteiger partial charge in [0, 0.05) is 18.9 Å². The smallest absolute Gasteiger partial charge is 0.337 e. The van der Waals surface area contributed by atoms with Crippen LogP contribution in [0.5, 0.6) is 0 Å². The van der Waals surface area contributed by atoms with Crippen molar-refractivity contribution in [1.82, 2.24) is 0 Å². The summed E-state index contributed by atoms with van der Waals surface area (Å²) in [5.41, 5.74) is 0.476. The number of nitrogens with zero attached hydrogens (tertiary/aromatic N) is 1. The van der Waals surface area contributed by atoms with Crippen molar-refractivity contribution >= 4 is 39.4 Å². The van der Waals surface area contributed by atoms with Crippen molar-refractivity contribution in [3.8, 4) is 0 Å². The lowest BCUT2D eigenvalue weighted by Crippen LogP contribution is -2.26. The van der Waals surface area contributed by atoms with Crippen molar-refractivity contribution in [3.05, 3.63) is 28.8 Å². The van der Waals surface area contributed by atoms with E-state index in [0.717, 1.165) is 0 Å². The normalized spacial score (nSPS) is 18.6. The molecule has 9 heteroatoms. The van der Waals surface area contributed by atoms with Gasteiger partial charge >= 0.3 is 16.2 Å². The lowest BCUT2D eigenvalue weighted by molar-refractivity contribution is -0.117. The Labute approximate surface area is 132 Å². The first-order valence-electron chi connectivity index (χ1n) is 6.32. The molecule has 1 aromatic carbocycles. The van der Waals surface area contributed by atoms with Gasteiger partial charge in [-0.2, -0.15) is 8.42 Å². The molecule has 0 spiro atoms. The average Bonchev–Trinajstić information content (AvgIpc) is 2.76. The summed E-state index contributed by atoms with van der Waals surface area (Å²) in [6.45, 7) is 0.0202. The zero-order chi connectivity index (χ0) is 16.5. The molecular weight excluding hydrogens is 337 g/mol. The Kier molecular flexibility index (Phi) is 4.72. The second-order valence-corrected chi connectivity index (χ2v) is 6.76. The Morgan fingerprint density at radius 3 is 2.77 bits per heavy atom. The number of benzene rings is 1. The standard InChI is InChI=1S/C13H13ClFNO5S/c1-21-13(18)9-2-3-10(14)11(5-9)16-6-8(4-12(16)17)7-22(15,19)20/h2-3,5,8H,4,6-7H2,1H3. The van der Waals surface area contributed by atoms with Crippen LogP contribution in [0.15, 0.2) is 18.2 Å². The molecule has 0 aromatic heterocycles. The van der Waals surface area contributed by atoms with E-state index >= 15 is 0 Å². The van der Waals surface area contributed by atoms with Gasteiger partial charge in [0.1, 0.15) is 0 Å². The molecule has 1 atom stereocenters. The maximum absolute atomic E-state index is 12.7. The predicted octanol–water partition coefficient (Wildman–Crippen LogP) is 1.78. The van der Waals surface area contributed by atoms with Gasteiger partial charge in [-0.1, -0.05) is 11.6 Å². The number of amides is 1. The number of methoxy groups -OCH3 is 1. The van der Waals surface area contributed by atoms with Crippen molar-refractivity contribution < 1.29 is 26.6 Å². The summed E-state index contributed by atoms with van der Waals surface area (Å²) in [5, 5.41) is 0.227. The minimum Gasteiger partial charge on any atom is -0.465 e. The average molecular weight is 350 g/mol. The van der Waals surface area contributed by atoms with Crippen LogP contribution in [-0.2, 0) is 19.8 Å². The molecule has 0 radical (unpaired) electrons. The first-order valence-corrected chi connectivity index (χ1v) is 8.25. The fourth-order valence-corrected chi connectivity index (χ4v) is 3.38. The number of anilines is 1. The summed E-state index contributed by atoms with van der Waals surface area (Å²) in [4.78, 5) is 24.8. The fraction of sp³-hybridized carbons (Fsp3) is 0.385. The SMILES string of the molecule is COC(=O)c1ccc(Cl)c(N2CC(CS(=O)(=O)F)CC2=O)c1. The van der Waals surface area contributed by atoms with Gasteiger partial charge in [-0.15, -0.1) is 3.89 Å². The third kappa shape index (κ3) is 3.75. The number of rotatable bonds is 4. The molecule has 1 aliphatic heterocycles. The van der Waals surface area contributed by atoms with E-state index < -0.39 is 27.9 Å². The molecular formula is C13H13ClFNO5S. The summed E-state index contributed by atoms with van der Waals surface area (Å²) >= 11 is 6.03. The van der Waals surface area contributed by atoms with Crippen LogP contribution in [-0.4, -0.2) is 39.7 Å². The largest absolute Gasteiger partial charge is 0.465 e. The van der Waals surface area contributed by atoms with E-state index in [1.807, 2.05) is 0 Å². The van der Waals surface area contributed by atoms with Gasteiger partial charge < -0.3 is 9.64 Å². The van der Waals surface area contributed by atoms with Gasteiger partial charge in [-0.05, 0) is 18.2 Å². The molecule has 0 aliphatic carbocycles. The number of halogens is 2. The van der Waals surface area contributed by atoms with Gasteiger partial charge in [0.05, 0.1) is 29.1 Å². The second kappa shape index (κ2) is 6.21. The topological polar surface area (TPSA) is 80.8 Å². The number of hydrogen-bond acceptors (Lipinski definition) is 5. The predicted molar refractivity (Wildman–Crippen MR) is 78.1 cm³/mol. The Balaban J connectivity index is 2.28. The van der Waals surface area contributed by atoms with Crippen LogP contribution in [0.1, 0.15) is 16.8 Å². The van der Waals surface area contributed by atoms with Gasteiger partial charge in [-0.25, -0.2) is 4.79 Å². The highest BCUT2D eigenvalue weighted by Crippen LogP contribution is 2.32. The first kappa shape index (κ1) is 16.7. The zero-order valence-corrected chi connectivity index (χ0v) is 13.2. The van der Waals surface area contributed by atoms with Crippen LogP contribution < -0.4 is 4.90 Å². The maximum atomic E-state index is 12.7. The van der Waals surface area contributed by atoms with Crippen LogP contribution in [0.3, 0.4) is 0 Å². The van der Waals surface area contributed by atoms with Crippen LogP contribution in [0.2, 0.25) is 5.02 Å². The minimum atomic E-state index is -4.66. The molecule has 1 saturated heterocycles. The highest BCUT2D eigenvalue weighted by Gasteiger charge is 2.34. The van der Waals surface area contributed by atoms with Crippen molar-refractivity contribution in [3.63, 3.8) is 0 Å². The fourth-order valence-electron chi connectivity index (χ4n) is 2.37. The van der Waals surface area contributed by atoms with E-state index in [1.165, 1.54) is 30.2 Å². The van der Waals surface area contributed by atoms with E-state index in [1.54, 1.807) is 0 Å². The Morgan fingerprint density at radius 1 is 1.50 bits per heavy atom. The molecule has 0 saturated carbocycles. The lowest BCUT2D eigenvalue weighted by Gasteiger charge is -2.18. The molecule has 0 bridgehead atoms. The van der Waals surface area contributed by atoms with Crippen molar-refractivity contribution in [1.29, 1.82) is 0 Å². The molecule has 1 fully saturated rings. The molecule has 22 heavy (non-hydrogen) atoms. The number of carbonyl (C=O) groups excluding carboxylic acids is 2. The summed E-state index contributed by atoms with van der Waals surface area (Å²) in [6.07, 6.45) is -0.0953. The van der Waals surface area contributed by atoms with E-state index in [4.69, 9.17) is 11.6 Å². The van der Waals surface area contributed by atoms with E-state index in [-0.39, 0.29) is 35.1 Å². The van der Waals surface area contributed by atoms with Crippen molar-refractivity contribution in [2.24, 2.45) is 5.92 Å². The Morgan fingerprint density at radius 2 is 2.18 bits per heavy atom. The zero-order valence-electron chi connectivity index (χ0n) is 11.6. The van der Waals surface area contributed by atoms with Crippen LogP contribution >= 0.6 is 11.6 Å². The van der Waals surface area contributed by atoms with Gasteiger partial charge in [0.2, 0.25) is 5.91 Å². The molecule has 1 unspecified atom stereocenters. The van der Waals surface area contributed by atoms with Crippen LogP contribution in [0.25, 0.3) is 0 Å². The van der Waals surface area contributed by atoms with E-state index in [2.05, 4.69) is 4.74 Å². The van der Waals surface area contributed by atoms with Gasteiger partial charge in [0.25, 0.3) is 0 Å². The monoisotopic (exact) mass is 349 g/mol. The van der Waals surface area contributed by atoms with Crippen LogP contribution in [0.4, 0.5) is 9.57 Å². The minimum absolute atomic E-state index is 0.0202. The second-order valence-electron chi connectivity index (χ2n) is 4.94. The Bertz CT molecular complexity index is 721. The Hall–Kier alpha value is -1.67. The quantitative estimate of drug-likeness (QED) is 0.611. The molecule has 1 aliphatic rings. The maximum Gasteiger partial charge on any atom is 0.337 e. The summed E-state index contributed by atoms with van der Waals surface area (Å²) in [7, 11) is -3.44. The van der Waals surface area contributed by atoms with E-state index in [0.29, 0.717) is 0 Å². The number of carbonyl (C=O) groups is 2. The van der Waals surface area contributed by atoms with Crippen molar-refractivity contribution in [2.45, 2.75) is 6.42 Å². The molecule has 1 aromatic rings. The lowest BCUT2D eigenvalue weighted by atomic mass is 10.1. The molecule has 120 valence electrons. The van der Waals surface area contributed by atoms with E-state index in [9.17, 15) is 21.9 Å². The molecule has 1 heterocycles. The molecule has 2 rings (SSSR count). The third-order valence-electron chi connectivity index (χ3n) is 3.30. The molecule has 0 N–H and O–H groups in total. The van der Waals surface area contributed by atoms with Gasteiger partial charge in [0.15, 0.2) is 0 Å². The third-order valence-corrected chi connectivity index (χ3v) is 4.49. The van der Waals surface area contributed by atoms with Crippen molar-refractivity contribution in [2.75, 3.05) is 24.3 Å². The first-order chi connectivity index (χ1) is 10.2. The number of ether oxygens (including phenoxy) is 1. The molecule has 6 nitrogen and oxygen atoms in total. The van der Waals surface area contributed by atoms with Gasteiger partial charge in [-0.3, -0.25) is 4.79 Å². The summed E-state index contributed by atoms with van der Waals surface area (Å²) in [5.74, 6) is -2.34. The summed E-state index contributed by atoms with van der Waals surface area (Å²) in [6, 6.07) is 4.27. The highest BCUT2D eigenvalue weighted by molar-refractivity contribution is 7.86. The molecule has 1 amide bonds. The highest BCUT2D eigenvalue weighted by atomic mass is 35.5.